The topological polar surface area (TPSA) is 49.4 Å². The van der Waals surface area contributed by atoms with Gasteiger partial charge in [0.05, 0.1) is 22.6 Å². The summed E-state index contributed by atoms with van der Waals surface area (Å²) in [6.45, 7) is 0. The van der Waals surface area contributed by atoms with Crippen molar-refractivity contribution in [1.82, 2.24) is 0 Å². The Hall–Kier alpha value is -1.56. The molecule has 0 aliphatic carbocycles. The van der Waals surface area contributed by atoms with Crippen molar-refractivity contribution < 1.29 is 9.59 Å². The molecule has 7 heteroatoms. The molecule has 0 saturated heterocycles. The number of thiophene rings is 1. The van der Waals surface area contributed by atoms with E-state index < -0.39 is 0 Å². The van der Waals surface area contributed by atoms with Gasteiger partial charge in [0.25, 0.3) is 5.91 Å². The van der Waals surface area contributed by atoms with Gasteiger partial charge in [-0.3, -0.25) is 14.5 Å². The number of amides is 2. The molecule has 1 aliphatic rings. The number of carbonyl (C=O) groups is 2. The first kappa shape index (κ1) is 13.4. The van der Waals surface area contributed by atoms with E-state index in [0.29, 0.717) is 27.0 Å². The lowest BCUT2D eigenvalue weighted by atomic mass is 10.2. The molecule has 4 nitrogen and oxygen atoms in total. The van der Waals surface area contributed by atoms with Crippen LogP contribution in [0.15, 0.2) is 29.6 Å². The van der Waals surface area contributed by atoms with Crippen molar-refractivity contribution >= 4 is 63.4 Å². The predicted octanol–water partition coefficient (Wildman–Crippen LogP) is 3.87. The third-order valence-electron chi connectivity index (χ3n) is 2.95. The van der Waals surface area contributed by atoms with Crippen LogP contribution < -0.4 is 10.2 Å². The van der Waals surface area contributed by atoms with Gasteiger partial charge in [0.2, 0.25) is 5.91 Å². The molecule has 2 amide bonds. The van der Waals surface area contributed by atoms with Crippen molar-refractivity contribution in [1.29, 1.82) is 0 Å². The second-order valence-corrected chi connectivity index (χ2v) is 5.85. The summed E-state index contributed by atoms with van der Waals surface area (Å²) in [5, 5.41) is 4.41. The molecule has 1 aromatic heterocycles. The van der Waals surface area contributed by atoms with Crippen LogP contribution in [0.1, 0.15) is 10.4 Å². The normalized spacial score (nSPS) is 13.3. The highest BCUT2D eigenvalue weighted by Crippen LogP contribution is 2.44. The van der Waals surface area contributed by atoms with Crippen molar-refractivity contribution in [2.45, 2.75) is 0 Å². The van der Waals surface area contributed by atoms with Crippen molar-refractivity contribution in [3.8, 4) is 0 Å². The van der Waals surface area contributed by atoms with E-state index in [2.05, 4.69) is 5.32 Å². The molecule has 0 radical (unpaired) electrons. The Labute approximate surface area is 128 Å². The number of hydrogen-bond acceptors (Lipinski definition) is 3. The van der Waals surface area contributed by atoms with Crippen molar-refractivity contribution in [2.75, 3.05) is 16.1 Å². The molecule has 1 aliphatic heterocycles. The Bertz CT molecular complexity index is 714. The highest BCUT2D eigenvalue weighted by atomic mass is 35.5. The first-order valence-corrected chi connectivity index (χ1v) is 7.49. The summed E-state index contributed by atoms with van der Waals surface area (Å²) in [6.07, 6.45) is 0. The standard InChI is InChI=1S/C13H8Cl2N2O2S/c14-5-10(18)17-9-4-2-1-3-8(9)16-13(19)7-6-20-12(15)11(7)17/h1-4,6H,5H2,(H,16,19). The maximum absolute atomic E-state index is 12.2. The van der Waals surface area contributed by atoms with E-state index in [9.17, 15) is 9.59 Å². The number of para-hydroxylation sites is 2. The van der Waals surface area contributed by atoms with Crippen LogP contribution in [0, 0.1) is 0 Å². The lowest BCUT2D eigenvalue weighted by molar-refractivity contribution is -0.115. The fourth-order valence-corrected chi connectivity index (χ4v) is 3.29. The van der Waals surface area contributed by atoms with Gasteiger partial charge >= 0.3 is 0 Å². The monoisotopic (exact) mass is 326 g/mol. The Morgan fingerprint density at radius 1 is 1.35 bits per heavy atom. The fraction of sp³-hybridized carbons (Fsp3) is 0.0769. The maximum Gasteiger partial charge on any atom is 0.258 e. The SMILES string of the molecule is O=C1Nc2ccccc2N(C(=O)CCl)c2c1csc2Cl. The molecule has 2 heterocycles. The summed E-state index contributed by atoms with van der Waals surface area (Å²) >= 11 is 13.1. The summed E-state index contributed by atoms with van der Waals surface area (Å²) < 4.78 is 0.380. The van der Waals surface area contributed by atoms with Crippen molar-refractivity contribution in [2.24, 2.45) is 0 Å². The zero-order chi connectivity index (χ0) is 14.3. The maximum atomic E-state index is 12.2. The average molecular weight is 327 g/mol. The summed E-state index contributed by atoms with van der Waals surface area (Å²) in [4.78, 5) is 25.8. The average Bonchev–Trinajstić information content (AvgIpc) is 2.77. The first-order valence-electron chi connectivity index (χ1n) is 5.69. The van der Waals surface area contributed by atoms with Crippen LogP contribution in [-0.2, 0) is 4.79 Å². The molecule has 0 spiro atoms. The van der Waals surface area contributed by atoms with Crippen LogP contribution in [0.25, 0.3) is 0 Å². The molecule has 0 atom stereocenters. The third kappa shape index (κ3) is 1.98. The van der Waals surface area contributed by atoms with E-state index in [0.717, 1.165) is 0 Å². The first-order chi connectivity index (χ1) is 9.63. The van der Waals surface area contributed by atoms with Crippen molar-refractivity contribution in [3.63, 3.8) is 0 Å². The number of fused-ring (bicyclic) bond motifs is 2. The predicted molar refractivity (Wildman–Crippen MR) is 81.6 cm³/mol. The minimum atomic E-state index is -0.336. The van der Waals surface area contributed by atoms with Gasteiger partial charge in [-0.1, -0.05) is 23.7 Å². The highest BCUT2D eigenvalue weighted by molar-refractivity contribution is 7.15. The number of nitrogens with zero attached hydrogens (tertiary/aromatic N) is 1. The number of alkyl halides is 1. The van der Waals surface area contributed by atoms with Gasteiger partial charge in [0.1, 0.15) is 10.2 Å². The Balaban J connectivity index is 2.31. The second kappa shape index (κ2) is 5.09. The smallest absolute Gasteiger partial charge is 0.258 e. The number of benzene rings is 1. The van der Waals surface area contributed by atoms with Crippen LogP contribution in [0.5, 0.6) is 0 Å². The van der Waals surface area contributed by atoms with Gasteiger partial charge < -0.3 is 5.32 Å². The molecular formula is C13H8Cl2N2O2S. The van der Waals surface area contributed by atoms with E-state index >= 15 is 0 Å². The summed E-state index contributed by atoms with van der Waals surface area (Å²) in [6, 6.07) is 7.03. The number of halogens is 2. The zero-order valence-electron chi connectivity index (χ0n) is 10.0. The second-order valence-electron chi connectivity index (χ2n) is 4.11. The van der Waals surface area contributed by atoms with Crippen LogP contribution in [0.4, 0.5) is 17.1 Å². The molecule has 102 valence electrons. The Morgan fingerprint density at radius 3 is 2.85 bits per heavy atom. The molecule has 0 unspecified atom stereocenters. The molecule has 3 rings (SSSR count). The minimum absolute atomic E-state index is 0.200. The molecule has 0 fully saturated rings. The lowest BCUT2D eigenvalue weighted by Crippen LogP contribution is -2.27. The molecule has 1 N–H and O–H groups in total. The summed E-state index contributed by atoms with van der Waals surface area (Å²) in [5.74, 6) is -0.827. The van der Waals surface area contributed by atoms with Crippen LogP contribution in [-0.4, -0.2) is 17.7 Å². The van der Waals surface area contributed by atoms with E-state index in [-0.39, 0.29) is 17.7 Å². The molecule has 0 bridgehead atoms. The Morgan fingerprint density at radius 2 is 2.10 bits per heavy atom. The molecule has 0 saturated carbocycles. The molecule has 1 aromatic carbocycles. The Kier molecular flexibility index (Phi) is 3.41. The van der Waals surface area contributed by atoms with Gasteiger partial charge in [-0.05, 0) is 12.1 Å². The number of rotatable bonds is 1. The summed E-state index contributed by atoms with van der Waals surface area (Å²) in [7, 11) is 0. The number of nitrogens with one attached hydrogen (secondary N) is 1. The summed E-state index contributed by atoms with van der Waals surface area (Å²) in [5.41, 5.74) is 1.87. The van der Waals surface area contributed by atoms with E-state index in [1.54, 1.807) is 29.6 Å². The number of hydrogen-bond donors (Lipinski definition) is 1. The van der Waals surface area contributed by atoms with E-state index in [4.69, 9.17) is 23.2 Å². The van der Waals surface area contributed by atoms with Crippen LogP contribution in [0.3, 0.4) is 0 Å². The largest absolute Gasteiger partial charge is 0.320 e. The van der Waals surface area contributed by atoms with E-state index in [1.165, 1.54) is 16.2 Å². The fourth-order valence-electron chi connectivity index (χ4n) is 2.10. The molecular weight excluding hydrogens is 319 g/mol. The van der Waals surface area contributed by atoms with Crippen molar-refractivity contribution in [3.05, 3.63) is 39.5 Å². The highest BCUT2D eigenvalue weighted by Gasteiger charge is 2.31. The zero-order valence-corrected chi connectivity index (χ0v) is 12.4. The molecule has 2 aromatic rings. The number of carbonyl (C=O) groups excluding carboxylic acids is 2. The number of anilines is 3. The van der Waals surface area contributed by atoms with Gasteiger partial charge in [0, 0.05) is 5.38 Å². The molecule has 20 heavy (non-hydrogen) atoms. The van der Waals surface area contributed by atoms with Crippen LogP contribution >= 0.6 is 34.5 Å². The van der Waals surface area contributed by atoms with Gasteiger partial charge in [0.15, 0.2) is 0 Å². The minimum Gasteiger partial charge on any atom is -0.320 e. The third-order valence-corrected chi connectivity index (χ3v) is 4.38. The van der Waals surface area contributed by atoms with Gasteiger partial charge in [-0.2, -0.15) is 0 Å². The lowest BCUT2D eigenvalue weighted by Gasteiger charge is -2.22. The van der Waals surface area contributed by atoms with Gasteiger partial charge in [-0.25, -0.2) is 0 Å². The van der Waals surface area contributed by atoms with Gasteiger partial charge in [-0.15, -0.1) is 22.9 Å². The van der Waals surface area contributed by atoms with Crippen LogP contribution in [0.2, 0.25) is 4.34 Å². The van der Waals surface area contributed by atoms with E-state index in [1.807, 2.05) is 0 Å². The quantitative estimate of drug-likeness (QED) is 0.808.